The lowest BCUT2D eigenvalue weighted by Gasteiger charge is -2.25. The van der Waals surface area contributed by atoms with Crippen LogP contribution in [0.25, 0.3) is 10.9 Å². The number of carbonyl (C=O) groups is 2. The second-order valence-electron chi connectivity index (χ2n) is 7.27. The number of morpholine rings is 1. The molecule has 0 aliphatic carbocycles. The molecule has 1 aliphatic heterocycles. The smallest absolute Gasteiger partial charge is 0.348 e. The molecular formula is C22H24N4O5S2. The Kier molecular flexibility index (Phi) is 7.43. The van der Waals surface area contributed by atoms with E-state index in [9.17, 15) is 9.59 Å². The molecule has 2 aromatic heterocycles. The first kappa shape index (κ1) is 23.4. The molecule has 33 heavy (non-hydrogen) atoms. The van der Waals surface area contributed by atoms with Gasteiger partial charge < -0.3 is 19.9 Å². The molecule has 0 bridgehead atoms. The molecular weight excluding hydrogens is 464 g/mol. The van der Waals surface area contributed by atoms with Crippen LogP contribution < -0.4 is 5.73 Å². The molecule has 0 unspecified atom stereocenters. The van der Waals surface area contributed by atoms with Crippen LogP contribution in [0.5, 0.6) is 0 Å². The van der Waals surface area contributed by atoms with Crippen molar-refractivity contribution in [2.24, 2.45) is 0 Å². The molecule has 11 heteroatoms. The summed E-state index contributed by atoms with van der Waals surface area (Å²) in [5.74, 6) is -0.127. The highest BCUT2D eigenvalue weighted by molar-refractivity contribution is 7.98. The lowest BCUT2D eigenvalue weighted by atomic mass is 10.1. The Balaban J connectivity index is 1.68. The molecule has 0 radical (unpaired) electrons. The minimum absolute atomic E-state index is 0.197. The van der Waals surface area contributed by atoms with Crippen LogP contribution in [0.4, 0.5) is 5.00 Å². The van der Waals surface area contributed by atoms with Crippen LogP contribution in [0.1, 0.15) is 31.4 Å². The molecule has 1 fully saturated rings. The normalized spacial score (nSPS) is 14.4. The number of ether oxygens (including phenoxy) is 3. The van der Waals surface area contributed by atoms with E-state index < -0.39 is 11.9 Å². The van der Waals surface area contributed by atoms with Crippen LogP contribution in [-0.2, 0) is 26.5 Å². The summed E-state index contributed by atoms with van der Waals surface area (Å²) in [6.45, 7) is 3.67. The lowest BCUT2D eigenvalue weighted by molar-refractivity contribution is 0.0330. The van der Waals surface area contributed by atoms with Gasteiger partial charge in [-0.15, -0.1) is 23.1 Å². The zero-order valence-corrected chi connectivity index (χ0v) is 20.0. The standard InChI is InChI=1S/C22H24N4O5S2/c1-29-21(27)17-14(18(22(28)30-2)33-19(17)23)12-32-20-13-5-3-4-6-15(13)24-16(25-20)11-26-7-9-31-10-8-26/h3-6H,7-12,23H2,1-2H3. The van der Waals surface area contributed by atoms with Crippen LogP contribution in [0.15, 0.2) is 29.3 Å². The summed E-state index contributed by atoms with van der Waals surface area (Å²) < 4.78 is 15.2. The number of anilines is 1. The SMILES string of the molecule is COC(=O)c1sc(N)c(C(=O)OC)c1CSc1nc(CN2CCOCC2)nc2ccccc12. The summed E-state index contributed by atoms with van der Waals surface area (Å²) in [5.41, 5.74) is 7.58. The summed E-state index contributed by atoms with van der Waals surface area (Å²) in [4.78, 5) is 36.8. The van der Waals surface area contributed by atoms with Crippen molar-refractivity contribution >= 4 is 50.9 Å². The molecule has 1 saturated heterocycles. The number of nitrogens with two attached hydrogens (primary N) is 1. The number of methoxy groups -OCH3 is 2. The van der Waals surface area contributed by atoms with Crippen LogP contribution in [0.2, 0.25) is 0 Å². The van der Waals surface area contributed by atoms with Crippen molar-refractivity contribution < 1.29 is 23.8 Å². The monoisotopic (exact) mass is 488 g/mol. The predicted octanol–water partition coefficient (Wildman–Crippen LogP) is 2.97. The first-order valence-electron chi connectivity index (χ1n) is 10.3. The van der Waals surface area contributed by atoms with Crippen LogP contribution in [0, 0.1) is 0 Å². The molecule has 0 spiro atoms. The van der Waals surface area contributed by atoms with Gasteiger partial charge in [0, 0.05) is 29.8 Å². The number of carbonyl (C=O) groups excluding carboxylic acids is 2. The number of nitrogens with zero attached hydrogens (tertiary/aromatic N) is 3. The van der Waals surface area contributed by atoms with Crippen LogP contribution >= 0.6 is 23.1 Å². The summed E-state index contributed by atoms with van der Waals surface area (Å²) in [7, 11) is 2.58. The number of rotatable bonds is 7. The third kappa shape index (κ3) is 5.11. The molecule has 1 aromatic carbocycles. The molecule has 174 valence electrons. The molecule has 9 nitrogen and oxygen atoms in total. The van der Waals surface area contributed by atoms with Gasteiger partial charge in [0.1, 0.15) is 20.7 Å². The number of benzene rings is 1. The van der Waals surface area contributed by atoms with Crippen molar-refractivity contribution in [3.8, 4) is 0 Å². The van der Waals surface area contributed by atoms with Crippen molar-refractivity contribution in [3.05, 3.63) is 46.1 Å². The van der Waals surface area contributed by atoms with Gasteiger partial charge in [0.25, 0.3) is 0 Å². The third-order valence-corrected chi connectivity index (χ3v) is 7.29. The summed E-state index contributed by atoms with van der Waals surface area (Å²) in [6, 6.07) is 7.78. The minimum atomic E-state index is -0.588. The van der Waals surface area contributed by atoms with E-state index in [1.54, 1.807) is 0 Å². The third-order valence-electron chi connectivity index (χ3n) is 5.23. The number of nitrogen functional groups attached to an aromatic ring is 1. The fraction of sp³-hybridized carbons (Fsp3) is 0.364. The number of hydrogen-bond acceptors (Lipinski definition) is 11. The maximum Gasteiger partial charge on any atom is 0.348 e. The Hall–Kier alpha value is -2.73. The summed E-state index contributed by atoms with van der Waals surface area (Å²) in [5, 5.41) is 1.88. The van der Waals surface area contributed by atoms with Crippen molar-refractivity contribution in [2.75, 3.05) is 46.3 Å². The van der Waals surface area contributed by atoms with Gasteiger partial charge in [-0.3, -0.25) is 4.90 Å². The molecule has 0 amide bonds. The summed E-state index contributed by atoms with van der Waals surface area (Å²) >= 11 is 2.44. The highest BCUT2D eigenvalue weighted by Crippen LogP contribution is 2.37. The maximum absolute atomic E-state index is 12.4. The van der Waals surface area contributed by atoms with Gasteiger partial charge in [-0.1, -0.05) is 18.2 Å². The molecule has 2 N–H and O–H groups in total. The lowest BCUT2D eigenvalue weighted by Crippen LogP contribution is -2.36. The van der Waals surface area contributed by atoms with E-state index in [1.165, 1.54) is 26.0 Å². The first-order valence-corrected chi connectivity index (χ1v) is 12.1. The minimum Gasteiger partial charge on any atom is -0.465 e. The Morgan fingerprint density at radius 2 is 1.88 bits per heavy atom. The maximum atomic E-state index is 12.4. The van der Waals surface area contributed by atoms with Gasteiger partial charge >= 0.3 is 11.9 Å². The summed E-state index contributed by atoms with van der Waals surface area (Å²) in [6.07, 6.45) is 0. The average molecular weight is 489 g/mol. The second kappa shape index (κ2) is 10.5. The van der Waals surface area contributed by atoms with Crippen molar-refractivity contribution in [2.45, 2.75) is 17.3 Å². The van der Waals surface area contributed by atoms with Crippen molar-refractivity contribution in [1.29, 1.82) is 0 Å². The van der Waals surface area contributed by atoms with E-state index in [4.69, 9.17) is 29.9 Å². The highest BCUT2D eigenvalue weighted by Gasteiger charge is 2.27. The van der Waals surface area contributed by atoms with E-state index in [0.717, 1.165) is 40.4 Å². The zero-order chi connectivity index (χ0) is 23.4. The van der Waals surface area contributed by atoms with Gasteiger partial charge in [-0.2, -0.15) is 0 Å². The number of fused-ring (bicyclic) bond motifs is 1. The van der Waals surface area contributed by atoms with Crippen molar-refractivity contribution in [3.63, 3.8) is 0 Å². The topological polar surface area (TPSA) is 117 Å². The van der Waals surface area contributed by atoms with Gasteiger partial charge in [0.05, 0.1) is 45.1 Å². The number of thioether (sulfide) groups is 1. The molecule has 3 heterocycles. The van der Waals surface area contributed by atoms with E-state index >= 15 is 0 Å². The highest BCUT2D eigenvalue weighted by atomic mass is 32.2. The van der Waals surface area contributed by atoms with Gasteiger partial charge in [-0.05, 0) is 6.07 Å². The predicted molar refractivity (Wildman–Crippen MR) is 127 cm³/mol. The zero-order valence-electron chi connectivity index (χ0n) is 18.3. The van der Waals surface area contributed by atoms with Gasteiger partial charge in [0.2, 0.25) is 0 Å². The van der Waals surface area contributed by atoms with E-state index in [1.807, 2.05) is 24.3 Å². The number of thiophene rings is 1. The molecule has 0 atom stereocenters. The molecule has 4 rings (SSSR count). The Morgan fingerprint density at radius 1 is 1.15 bits per heavy atom. The molecule has 1 aliphatic rings. The Bertz CT molecular complexity index is 1180. The molecule has 3 aromatic rings. The fourth-order valence-corrected chi connectivity index (χ4v) is 5.73. The number of aromatic nitrogens is 2. The van der Waals surface area contributed by atoms with Gasteiger partial charge in [-0.25, -0.2) is 19.6 Å². The second-order valence-corrected chi connectivity index (χ2v) is 9.29. The number of para-hydroxylation sites is 1. The first-order chi connectivity index (χ1) is 16.0. The van der Waals surface area contributed by atoms with E-state index in [0.29, 0.717) is 36.9 Å². The van der Waals surface area contributed by atoms with E-state index in [-0.39, 0.29) is 15.4 Å². The number of esters is 2. The largest absolute Gasteiger partial charge is 0.465 e. The van der Waals surface area contributed by atoms with Crippen LogP contribution in [0.3, 0.4) is 0 Å². The van der Waals surface area contributed by atoms with Gasteiger partial charge in [0.15, 0.2) is 0 Å². The Morgan fingerprint density at radius 3 is 2.61 bits per heavy atom. The van der Waals surface area contributed by atoms with Crippen molar-refractivity contribution in [1.82, 2.24) is 14.9 Å². The molecule has 0 saturated carbocycles. The fourth-order valence-electron chi connectivity index (χ4n) is 3.58. The number of hydrogen-bond donors (Lipinski definition) is 1. The quantitative estimate of drug-likeness (QED) is 0.302. The average Bonchev–Trinajstić information content (AvgIpc) is 3.18. The van der Waals surface area contributed by atoms with Crippen LogP contribution in [-0.4, -0.2) is 67.3 Å². The van der Waals surface area contributed by atoms with E-state index in [2.05, 4.69) is 4.90 Å². The Labute approximate surface area is 199 Å².